The normalized spacial score (nSPS) is 24.0. The molecular formula is C15H21F3N2O. The van der Waals surface area contributed by atoms with Gasteiger partial charge in [-0.05, 0) is 49.9 Å². The van der Waals surface area contributed by atoms with Gasteiger partial charge in [-0.25, -0.2) is 0 Å². The average Bonchev–Trinajstić information content (AvgIpc) is 2.40. The molecule has 0 amide bonds. The van der Waals surface area contributed by atoms with Gasteiger partial charge in [-0.15, -0.1) is 13.2 Å². The van der Waals surface area contributed by atoms with Crippen LogP contribution in [0.25, 0.3) is 0 Å². The van der Waals surface area contributed by atoms with Gasteiger partial charge in [0, 0.05) is 19.1 Å². The van der Waals surface area contributed by atoms with Crippen LogP contribution < -0.4 is 10.5 Å². The quantitative estimate of drug-likeness (QED) is 0.928. The highest BCUT2D eigenvalue weighted by Gasteiger charge is 2.31. The van der Waals surface area contributed by atoms with Crippen LogP contribution >= 0.6 is 0 Å². The van der Waals surface area contributed by atoms with E-state index in [1.54, 1.807) is 6.07 Å². The molecule has 1 fully saturated rings. The van der Waals surface area contributed by atoms with Crippen LogP contribution in [0.4, 0.5) is 13.2 Å². The molecule has 0 radical (unpaired) electrons. The Kier molecular flexibility index (Phi) is 5.11. The Morgan fingerprint density at radius 1 is 1.33 bits per heavy atom. The van der Waals surface area contributed by atoms with E-state index >= 15 is 0 Å². The Labute approximate surface area is 122 Å². The molecule has 21 heavy (non-hydrogen) atoms. The summed E-state index contributed by atoms with van der Waals surface area (Å²) in [4.78, 5) is 2.27. The summed E-state index contributed by atoms with van der Waals surface area (Å²) >= 11 is 0. The molecule has 0 aromatic heterocycles. The number of piperidine rings is 1. The molecule has 1 aromatic rings. The van der Waals surface area contributed by atoms with Crippen LogP contribution in [0.3, 0.4) is 0 Å². The van der Waals surface area contributed by atoms with Crippen LogP contribution in [-0.4, -0.2) is 30.4 Å². The van der Waals surface area contributed by atoms with Crippen molar-refractivity contribution in [3.8, 4) is 5.75 Å². The summed E-state index contributed by atoms with van der Waals surface area (Å²) in [5.74, 6) is 0.302. The second-order valence-corrected chi connectivity index (χ2v) is 5.65. The number of nitrogens with two attached hydrogens (primary N) is 1. The largest absolute Gasteiger partial charge is 0.573 e. The van der Waals surface area contributed by atoms with Crippen molar-refractivity contribution in [1.29, 1.82) is 0 Å². The summed E-state index contributed by atoms with van der Waals surface area (Å²) in [5, 5.41) is 0. The minimum absolute atomic E-state index is 0.167. The second kappa shape index (κ2) is 6.66. The first-order chi connectivity index (χ1) is 9.87. The van der Waals surface area contributed by atoms with Crippen molar-refractivity contribution in [3.63, 3.8) is 0 Å². The Hall–Kier alpha value is -1.27. The molecule has 1 aliphatic rings. The predicted molar refractivity (Wildman–Crippen MR) is 74.8 cm³/mol. The number of ether oxygens (including phenoxy) is 1. The van der Waals surface area contributed by atoms with E-state index in [1.807, 2.05) is 6.07 Å². The summed E-state index contributed by atoms with van der Waals surface area (Å²) in [7, 11) is 0. The van der Waals surface area contributed by atoms with Crippen molar-refractivity contribution in [2.75, 3.05) is 13.1 Å². The fourth-order valence-electron chi connectivity index (χ4n) is 2.75. The Morgan fingerprint density at radius 3 is 2.76 bits per heavy atom. The Balaban J connectivity index is 2.03. The van der Waals surface area contributed by atoms with Crippen LogP contribution in [-0.2, 0) is 6.54 Å². The van der Waals surface area contributed by atoms with E-state index in [1.165, 1.54) is 12.1 Å². The van der Waals surface area contributed by atoms with Crippen molar-refractivity contribution < 1.29 is 17.9 Å². The zero-order chi connectivity index (χ0) is 15.5. The van der Waals surface area contributed by atoms with Crippen molar-refractivity contribution >= 4 is 0 Å². The maximum absolute atomic E-state index is 12.2. The van der Waals surface area contributed by atoms with E-state index in [-0.39, 0.29) is 5.75 Å². The van der Waals surface area contributed by atoms with Gasteiger partial charge < -0.3 is 10.5 Å². The molecule has 2 atom stereocenters. The molecule has 0 spiro atoms. The highest BCUT2D eigenvalue weighted by Crippen LogP contribution is 2.26. The minimum Gasteiger partial charge on any atom is -0.406 e. The first-order valence-corrected chi connectivity index (χ1v) is 7.16. The zero-order valence-electron chi connectivity index (χ0n) is 12.1. The first kappa shape index (κ1) is 16.1. The van der Waals surface area contributed by atoms with Crippen molar-refractivity contribution in [1.82, 2.24) is 4.90 Å². The number of hydrogen-bond donors (Lipinski definition) is 1. The third-order valence-corrected chi connectivity index (χ3v) is 3.96. The standard InChI is InChI=1S/C15H21F3N2O/c1-11-5-6-13(8-19)10-20(11)9-12-3-2-4-14(7-12)21-15(16,17)18/h2-4,7,11,13H,5-6,8-10,19H2,1H3. The van der Waals surface area contributed by atoms with Crippen LogP contribution in [0, 0.1) is 5.92 Å². The van der Waals surface area contributed by atoms with Crippen LogP contribution in [0.15, 0.2) is 24.3 Å². The molecule has 3 nitrogen and oxygen atoms in total. The second-order valence-electron chi connectivity index (χ2n) is 5.65. The fraction of sp³-hybridized carbons (Fsp3) is 0.600. The Morgan fingerprint density at radius 2 is 2.10 bits per heavy atom. The van der Waals surface area contributed by atoms with Gasteiger partial charge in [0.1, 0.15) is 5.75 Å². The van der Waals surface area contributed by atoms with E-state index in [0.717, 1.165) is 24.9 Å². The lowest BCUT2D eigenvalue weighted by atomic mass is 9.93. The molecule has 1 heterocycles. The molecule has 2 unspecified atom stereocenters. The Bertz CT molecular complexity index is 464. The molecule has 1 aromatic carbocycles. The third-order valence-electron chi connectivity index (χ3n) is 3.96. The summed E-state index contributed by atoms with van der Waals surface area (Å²) in [6.07, 6.45) is -2.46. The van der Waals surface area contributed by atoms with Gasteiger partial charge in [-0.3, -0.25) is 4.90 Å². The molecule has 0 saturated carbocycles. The lowest BCUT2D eigenvalue weighted by molar-refractivity contribution is -0.274. The van der Waals surface area contributed by atoms with Crippen molar-refractivity contribution in [2.24, 2.45) is 11.7 Å². The lowest BCUT2D eigenvalue weighted by Crippen LogP contribution is -2.43. The molecule has 0 bridgehead atoms. The van der Waals surface area contributed by atoms with Gasteiger partial charge in [-0.1, -0.05) is 12.1 Å². The van der Waals surface area contributed by atoms with E-state index in [2.05, 4.69) is 16.6 Å². The van der Waals surface area contributed by atoms with Crippen LogP contribution in [0.2, 0.25) is 0 Å². The van der Waals surface area contributed by atoms with E-state index in [9.17, 15) is 13.2 Å². The molecule has 1 saturated heterocycles. The number of likely N-dealkylation sites (tertiary alicyclic amines) is 1. The van der Waals surface area contributed by atoms with Crippen molar-refractivity contribution in [3.05, 3.63) is 29.8 Å². The molecular weight excluding hydrogens is 281 g/mol. The number of nitrogens with zero attached hydrogens (tertiary/aromatic N) is 1. The summed E-state index contributed by atoms with van der Waals surface area (Å²) < 4.78 is 40.7. The maximum atomic E-state index is 12.2. The van der Waals surface area contributed by atoms with E-state index in [4.69, 9.17) is 5.73 Å². The smallest absolute Gasteiger partial charge is 0.406 e. The SMILES string of the molecule is CC1CCC(CN)CN1Cc1cccc(OC(F)(F)F)c1. The predicted octanol–water partition coefficient (Wildman–Crippen LogP) is 3.14. The summed E-state index contributed by atoms with van der Waals surface area (Å²) in [6, 6.07) is 6.60. The van der Waals surface area contributed by atoms with Crippen LogP contribution in [0.1, 0.15) is 25.3 Å². The lowest BCUT2D eigenvalue weighted by Gasteiger charge is -2.37. The van der Waals surface area contributed by atoms with Gasteiger partial charge in [0.25, 0.3) is 0 Å². The van der Waals surface area contributed by atoms with Gasteiger partial charge in [0.2, 0.25) is 0 Å². The minimum atomic E-state index is -4.65. The molecule has 0 aliphatic carbocycles. The monoisotopic (exact) mass is 302 g/mol. The summed E-state index contributed by atoms with van der Waals surface area (Å²) in [5.41, 5.74) is 6.55. The molecule has 2 rings (SSSR count). The highest BCUT2D eigenvalue weighted by molar-refractivity contribution is 5.28. The van der Waals surface area contributed by atoms with Gasteiger partial charge in [-0.2, -0.15) is 0 Å². The number of benzene rings is 1. The average molecular weight is 302 g/mol. The summed E-state index contributed by atoms with van der Waals surface area (Å²) in [6.45, 7) is 4.30. The topological polar surface area (TPSA) is 38.5 Å². The first-order valence-electron chi connectivity index (χ1n) is 7.16. The van der Waals surface area contributed by atoms with Crippen LogP contribution in [0.5, 0.6) is 5.75 Å². The number of hydrogen-bond acceptors (Lipinski definition) is 3. The van der Waals surface area contributed by atoms with E-state index in [0.29, 0.717) is 25.0 Å². The van der Waals surface area contributed by atoms with Gasteiger partial charge in [0.15, 0.2) is 0 Å². The molecule has 1 aliphatic heterocycles. The number of rotatable bonds is 4. The maximum Gasteiger partial charge on any atom is 0.573 e. The molecule has 2 N–H and O–H groups in total. The number of alkyl halides is 3. The van der Waals surface area contributed by atoms with Gasteiger partial charge in [0.05, 0.1) is 0 Å². The number of halogens is 3. The fourth-order valence-corrected chi connectivity index (χ4v) is 2.75. The molecule has 6 heteroatoms. The molecule has 118 valence electrons. The zero-order valence-corrected chi connectivity index (χ0v) is 12.1. The van der Waals surface area contributed by atoms with E-state index < -0.39 is 6.36 Å². The highest BCUT2D eigenvalue weighted by atomic mass is 19.4. The third kappa shape index (κ3) is 4.89. The van der Waals surface area contributed by atoms with Crippen molar-refractivity contribution in [2.45, 2.75) is 38.7 Å². The van der Waals surface area contributed by atoms with Gasteiger partial charge >= 0.3 is 6.36 Å².